The van der Waals surface area contributed by atoms with Gasteiger partial charge in [-0.05, 0) is 30.2 Å². The molecule has 0 spiro atoms. The first-order valence-corrected chi connectivity index (χ1v) is 7.61. The topological polar surface area (TPSA) is 62.0 Å². The number of hydrogen-bond acceptors (Lipinski definition) is 3. The second-order valence-electron chi connectivity index (χ2n) is 5.50. The number of aromatic hydroxyl groups is 1. The first kappa shape index (κ1) is 13.6. The van der Waals surface area contributed by atoms with Crippen LogP contribution in [0.25, 0.3) is 33.3 Å². The zero-order valence-corrected chi connectivity index (χ0v) is 12.7. The monoisotopic (exact) mass is 304 g/mol. The molecule has 0 fully saturated rings. The van der Waals surface area contributed by atoms with E-state index in [1.54, 1.807) is 18.4 Å². The average molecular weight is 304 g/mol. The first-order valence-electron chi connectivity index (χ1n) is 7.61. The highest BCUT2D eigenvalue weighted by atomic mass is 16.5. The van der Waals surface area contributed by atoms with Crippen LogP contribution in [0.15, 0.2) is 59.3 Å². The number of aromatic amines is 1. The number of phenols is 1. The Morgan fingerprint density at radius 1 is 1.09 bits per heavy atom. The summed E-state index contributed by atoms with van der Waals surface area (Å²) in [7, 11) is 0. The molecule has 4 heteroatoms. The van der Waals surface area contributed by atoms with Gasteiger partial charge in [0.05, 0.1) is 17.0 Å². The van der Waals surface area contributed by atoms with Gasteiger partial charge in [-0.25, -0.2) is 0 Å². The number of aromatic nitrogens is 2. The maximum absolute atomic E-state index is 9.57. The third kappa shape index (κ3) is 2.19. The van der Waals surface area contributed by atoms with Crippen LogP contribution in [0.5, 0.6) is 5.75 Å². The lowest BCUT2D eigenvalue weighted by molar-refractivity contribution is 0.412. The molecule has 4 rings (SSSR count). The van der Waals surface area contributed by atoms with Crippen molar-refractivity contribution < 1.29 is 9.63 Å². The largest absolute Gasteiger partial charge is 0.508 e. The van der Waals surface area contributed by atoms with E-state index in [2.05, 4.69) is 29.2 Å². The van der Waals surface area contributed by atoms with Gasteiger partial charge in [-0.2, -0.15) is 0 Å². The second kappa shape index (κ2) is 5.32. The molecule has 4 nitrogen and oxygen atoms in total. The summed E-state index contributed by atoms with van der Waals surface area (Å²) in [6, 6.07) is 15.4. The quantitative estimate of drug-likeness (QED) is 0.573. The highest BCUT2D eigenvalue weighted by Gasteiger charge is 2.18. The summed E-state index contributed by atoms with van der Waals surface area (Å²) in [5.74, 6) is 0.259. The lowest BCUT2D eigenvalue weighted by Gasteiger charge is -2.05. The van der Waals surface area contributed by atoms with Crippen molar-refractivity contribution in [1.82, 2.24) is 10.1 Å². The van der Waals surface area contributed by atoms with E-state index < -0.39 is 0 Å². The minimum absolute atomic E-state index is 0.259. The number of fused-ring (bicyclic) bond motifs is 1. The molecule has 0 saturated heterocycles. The fourth-order valence-corrected chi connectivity index (χ4v) is 2.99. The lowest BCUT2D eigenvalue weighted by Crippen LogP contribution is -1.87. The van der Waals surface area contributed by atoms with E-state index in [0.717, 1.165) is 45.4 Å². The van der Waals surface area contributed by atoms with Crippen LogP contribution in [0.1, 0.15) is 12.6 Å². The number of nitrogens with one attached hydrogen (secondary N) is 1. The van der Waals surface area contributed by atoms with E-state index in [4.69, 9.17) is 4.52 Å². The molecule has 0 bridgehead atoms. The third-order valence-corrected chi connectivity index (χ3v) is 4.11. The van der Waals surface area contributed by atoms with Crippen molar-refractivity contribution in [2.75, 3.05) is 0 Å². The summed E-state index contributed by atoms with van der Waals surface area (Å²) in [5, 5.41) is 14.8. The molecule has 2 aromatic heterocycles. The molecule has 0 aliphatic carbocycles. The van der Waals surface area contributed by atoms with Crippen molar-refractivity contribution in [3.8, 4) is 28.1 Å². The van der Waals surface area contributed by atoms with Crippen LogP contribution in [0.4, 0.5) is 0 Å². The molecule has 0 radical (unpaired) electrons. The Morgan fingerprint density at radius 3 is 2.65 bits per heavy atom. The Balaban J connectivity index is 2.04. The van der Waals surface area contributed by atoms with Gasteiger partial charge in [0.1, 0.15) is 12.0 Å². The maximum atomic E-state index is 9.57. The minimum Gasteiger partial charge on any atom is -0.508 e. The fraction of sp³-hybridized carbons (Fsp3) is 0.105. The maximum Gasteiger partial charge on any atom is 0.133 e. The summed E-state index contributed by atoms with van der Waals surface area (Å²) in [5.41, 5.74) is 6.10. The van der Waals surface area contributed by atoms with Crippen LogP contribution in [0, 0.1) is 0 Å². The van der Waals surface area contributed by atoms with Crippen molar-refractivity contribution in [3.05, 3.63) is 60.5 Å². The van der Waals surface area contributed by atoms with Gasteiger partial charge < -0.3 is 14.6 Å². The summed E-state index contributed by atoms with van der Waals surface area (Å²) in [6.07, 6.45) is 2.49. The van der Waals surface area contributed by atoms with Crippen LogP contribution in [-0.2, 0) is 6.42 Å². The molecule has 0 aliphatic heterocycles. The van der Waals surface area contributed by atoms with Gasteiger partial charge in [0.15, 0.2) is 0 Å². The van der Waals surface area contributed by atoms with E-state index in [0.29, 0.717) is 0 Å². The minimum atomic E-state index is 0.259. The summed E-state index contributed by atoms with van der Waals surface area (Å²) in [6.45, 7) is 2.06. The molecule has 2 N–H and O–H groups in total. The standard InChI is InChI=1S/C19H16N2O2/c1-2-16-15(11-23-21-16)19-18(12-7-9-13(22)10-8-12)14-5-3-4-6-17(14)20-19/h3-11,20,22H,2H2,1H3. The molecule has 4 aromatic rings. The molecular weight excluding hydrogens is 288 g/mol. The number of hydrogen-bond donors (Lipinski definition) is 2. The highest BCUT2D eigenvalue weighted by molar-refractivity contribution is 6.03. The zero-order chi connectivity index (χ0) is 15.8. The number of aryl methyl sites for hydroxylation is 1. The molecule has 2 aromatic carbocycles. The Hall–Kier alpha value is -3.01. The van der Waals surface area contributed by atoms with Gasteiger partial charge in [0, 0.05) is 16.5 Å². The van der Waals surface area contributed by atoms with Gasteiger partial charge in [0.2, 0.25) is 0 Å². The van der Waals surface area contributed by atoms with E-state index in [1.807, 2.05) is 24.3 Å². The van der Waals surface area contributed by atoms with Crippen molar-refractivity contribution in [2.45, 2.75) is 13.3 Å². The van der Waals surface area contributed by atoms with Crippen LogP contribution >= 0.6 is 0 Å². The highest BCUT2D eigenvalue weighted by Crippen LogP contribution is 2.39. The van der Waals surface area contributed by atoms with Crippen LogP contribution in [0.3, 0.4) is 0 Å². The van der Waals surface area contributed by atoms with Crippen molar-refractivity contribution in [2.24, 2.45) is 0 Å². The molecule has 0 saturated carbocycles. The van der Waals surface area contributed by atoms with Gasteiger partial charge in [-0.3, -0.25) is 0 Å². The SMILES string of the molecule is CCc1nocc1-c1[nH]c2ccccc2c1-c1ccc(O)cc1. The summed E-state index contributed by atoms with van der Waals surface area (Å²) >= 11 is 0. The smallest absolute Gasteiger partial charge is 0.133 e. The van der Waals surface area contributed by atoms with Gasteiger partial charge >= 0.3 is 0 Å². The lowest BCUT2D eigenvalue weighted by atomic mass is 9.98. The predicted molar refractivity (Wildman–Crippen MR) is 90.3 cm³/mol. The van der Waals surface area contributed by atoms with Gasteiger partial charge in [0.25, 0.3) is 0 Å². The molecule has 0 unspecified atom stereocenters. The first-order chi connectivity index (χ1) is 11.3. The number of benzene rings is 2. The molecule has 0 amide bonds. The van der Waals surface area contributed by atoms with E-state index in [-0.39, 0.29) is 5.75 Å². The number of H-pyrrole nitrogens is 1. The Labute approximate surface area is 133 Å². The summed E-state index contributed by atoms with van der Waals surface area (Å²) in [4.78, 5) is 3.49. The van der Waals surface area contributed by atoms with E-state index >= 15 is 0 Å². The van der Waals surface area contributed by atoms with E-state index in [1.165, 1.54) is 0 Å². The summed E-state index contributed by atoms with van der Waals surface area (Å²) < 4.78 is 5.19. The van der Waals surface area contributed by atoms with Crippen molar-refractivity contribution in [3.63, 3.8) is 0 Å². The Morgan fingerprint density at radius 2 is 1.87 bits per heavy atom. The molecule has 0 atom stereocenters. The number of rotatable bonds is 3. The predicted octanol–water partition coefficient (Wildman–Crippen LogP) is 4.76. The van der Waals surface area contributed by atoms with Crippen molar-refractivity contribution in [1.29, 1.82) is 0 Å². The molecule has 114 valence electrons. The average Bonchev–Trinajstić information content (AvgIpc) is 3.19. The zero-order valence-electron chi connectivity index (χ0n) is 12.7. The second-order valence-corrected chi connectivity index (χ2v) is 5.50. The third-order valence-electron chi connectivity index (χ3n) is 4.11. The van der Waals surface area contributed by atoms with Crippen LogP contribution < -0.4 is 0 Å². The number of nitrogens with zero attached hydrogens (tertiary/aromatic N) is 1. The molecule has 2 heterocycles. The molecular formula is C19H16N2O2. The van der Waals surface area contributed by atoms with Crippen LogP contribution in [0.2, 0.25) is 0 Å². The number of phenolic OH excluding ortho intramolecular Hbond substituents is 1. The van der Waals surface area contributed by atoms with Crippen LogP contribution in [-0.4, -0.2) is 15.2 Å². The molecule has 23 heavy (non-hydrogen) atoms. The van der Waals surface area contributed by atoms with Gasteiger partial charge in [-0.1, -0.05) is 42.4 Å². The van der Waals surface area contributed by atoms with Crippen molar-refractivity contribution >= 4 is 10.9 Å². The fourth-order valence-electron chi connectivity index (χ4n) is 2.99. The normalized spacial score (nSPS) is 11.2. The Kier molecular flexibility index (Phi) is 3.15. The molecule has 0 aliphatic rings. The van der Waals surface area contributed by atoms with E-state index in [9.17, 15) is 5.11 Å². The Bertz CT molecular complexity index is 965. The number of para-hydroxylation sites is 1. The van der Waals surface area contributed by atoms with Gasteiger partial charge in [-0.15, -0.1) is 0 Å².